The van der Waals surface area contributed by atoms with Crippen LogP contribution in [0.5, 0.6) is 0 Å². The first-order valence-electron chi connectivity index (χ1n) is 9.69. The lowest BCUT2D eigenvalue weighted by atomic mass is 10.1. The van der Waals surface area contributed by atoms with Crippen molar-refractivity contribution < 1.29 is 23.9 Å². The van der Waals surface area contributed by atoms with Crippen molar-refractivity contribution in [3.05, 3.63) is 58.4 Å². The summed E-state index contributed by atoms with van der Waals surface area (Å²) in [4.78, 5) is 40.5. The van der Waals surface area contributed by atoms with Gasteiger partial charge in [0.25, 0.3) is 5.91 Å². The zero-order valence-corrected chi connectivity index (χ0v) is 18.3. The van der Waals surface area contributed by atoms with E-state index in [0.29, 0.717) is 41.4 Å². The van der Waals surface area contributed by atoms with Gasteiger partial charge in [-0.3, -0.25) is 9.59 Å². The fourth-order valence-corrected chi connectivity index (χ4v) is 4.07. The van der Waals surface area contributed by atoms with Crippen LogP contribution in [0.1, 0.15) is 34.6 Å². The smallest absolute Gasteiger partial charge is 0.337 e. The Balaban J connectivity index is 2.00. The number of hydrogen-bond donors (Lipinski definition) is 1. The number of esters is 1. The lowest BCUT2D eigenvalue weighted by Gasteiger charge is -2.06. The van der Waals surface area contributed by atoms with Gasteiger partial charge in [-0.2, -0.15) is 4.99 Å². The predicted octanol–water partition coefficient (Wildman–Crippen LogP) is 3.23. The molecule has 3 rings (SSSR count). The number of benzene rings is 2. The summed E-state index contributed by atoms with van der Waals surface area (Å²) >= 11 is 1.35. The van der Waals surface area contributed by atoms with Crippen LogP contribution in [0.2, 0.25) is 0 Å². The zero-order valence-electron chi connectivity index (χ0n) is 17.5. The van der Waals surface area contributed by atoms with Crippen LogP contribution in [0, 0.1) is 0 Å². The molecular formula is C22H23N3O5S. The van der Waals surface area contributed by atoms with Crippen LogP contribution in [0.25, 0.3) is 10.2 Å². The molecule has 0 bridgehead atoms. The Morgan fingerprint density at radius 3 is 2.45 bits per heavy atom. The molecule has 1 N–H and O–H groups in total. The first-order valence-corrected chi connectivity index (χ1v) is 10.5. The summed E-state index contributed by atoms with van der Waals surface area (Å²) in [5, 5.41) is 2.76. The number of carbonyl (C=O) groups excluding carboxylic acids is 3. The van der Waals surface area contributed by atoms with Gasteiger partial charge in [-0.25, -0.2) is 4.79 Å². The highest BCUT2D eigenvalue weighted by atomic mass is 32.1. The molecule has 0 spiro atoms. The number of rotatable bonds is 7. The van der Waals surface area contributed by atoms with E-state index in [2.05, 4.69) is 15.0 Å². The van der Waals surface area contributed by atoms with Gasteiger partial charge in [0, 0.05) is 31.3 Å². The van der Waals surface area contributed by atoms with Gasteiger partial charge in [0.1, 0.15) is 0 Å². The largest absolute Gasteiger partial charge is 0.465 e. The van der Waals surface area contributed by atoms with E-state index in [1.807, 2.05) is 29.7 Å². The average Bonchev–Trinajstić information content (AvgIpc) is 3.09. The Bertz CT molecular complexity index is 1180. The Morgan fingerprint density at radius 2 is 1.81 bits per heavy atom. The number of anilines is 1. The molecule has 2 amide bonds. The molecule has 0 saturated heterocycles. The molecule has 9 heteroatoms. The molecule has 2 aromatic carbocycles. The highest BCUT2D eigenvalue weighted by Gasteiger charge is 2.12. The third kappa shape index (κ3) is 5.44. The van der Waals surface area contributed by atoms with Crippen molar-refractivity contribution >= 4 is 45.0 Å². The molecule has 0 radical (unpaired) electrons. The molecule has 0 aliphatic carbocycles. The third-order valence-electron chi connectivity index (χ3n) is 4.42. The maximum atomic E-state index is 12.8. The SMILES string of the molecule is CCOCCn1c(=NC(=O)c2ccc(C(=O)OC)cc2)sc2cc(NC(C)=O)ccc21. The normalized spacial score (nSPS) is 11.5. The highest BCUT2D eigenvalue weighted by molar-refractivity contribution is 7.16. The van der Waals surface area contributed by atoms with Crippen molar-refractivity contribution in [2.75, 3.05) is 25.6 Å². The van der Waals surface area contributed by atoms with Crippen molar-refractivity contribution in [2.45, 2.75) is 20.4 Å². The lowest BCUT2D eigenvalue weighted by Crippen LogP contribution is -2.19. The predicted molar refractivity (Wildman–Crippen MR) is 118 cm³/mol. The van der Waals surface area contributed by atoms with Gasteiger partial charge >= 0.3 is 5.97 Å². The quantitative estimate of drug-likeness (QED) is 0.448. The summed E-state index contributed by atoms with van der Waals surface area (Å²) in [7, 11) is 1.30. The van der Waals surface area contributed by atoms with E-state index in [9.17, 15) is 14.4 Å². The molecule has 3 aromatic rings. The Morgan fingerprint density at radius 1 is 1.10 bits per heavy atom. The fraction of sp³-hybridized carbons (Fsp3) is 0.273. The van der Waals surface area contributed by atoms with Crippen LogP contribution in [0.3, 0.4) is 0 Å². The summed E-state index contributed by atoms with van der Waals surface area (Å²) in [6, 6.07) is 11.7. The molecule has 0 aliphatic heterocycles. The van der Waals surface area contributed by atoms with Crippen LogP contribution in [-0.2, 0) is 20.8 Å². The van der Waals surface area contributed by atoms with Gasteiger partial charge in [-0.1, -0.05) is 11.3 Å². The monoisotopic (exact) mass is 441 g/mol. The number of ether oxygens (including phenoxy) is 2. The van der Waals surface area contributed by atoms with Gasteiger partial charge in [-0.05, 0) is 49.4 Å². The molecule has 0 unspecified atom stereocenters. The molecule has 0 fully saturated rings. The van der Waals surface area contributed by atoms with Crippen LogP contribution < -0.4 is 10.1 Å². The van der Waals surface area contributed by atoms with E-state index >= 15 is 0 Å². The maximum Gasteiger partial charge on any atom is 0.337 e. The number of nitrogens with one attached hydrogen (secondary N) is 1. The van der Waals surface area contributed by atoms with Crippen molar-refractivity contribution in [3.8, 4) is 0 Å². The van der Waals surface area contributed by atoms with E-state index in [0.717, 1.165) is 10.2 Å². The summed E-state index contributed by atoms with van der Waals surface area (Å²) in [5.41, 5.74) is 2.29. The number of nitrogens with zero attached hydrogens (tertiary/aromatic N) is 2. The molecule has 0 aliphatic rings. The number of carbonyl (C=O) groups is 3. The van der Waals surface area contributed by atoms with Gasteiger partial charge in [0.2, 0.25) is 5.91 Å². The fourth-order valence-electron chi connectivity index (χ4n) is 2.97. The molecule has 31 heavy (non-hydrogen) atoms. The van der Waals surface area contributed by atoms with Gasteiger partial charge in [-0.15, -0.1) is 0 Å². The van der Waals surface area contributed by atoms with Crippen molar-refractivity contribution in [2.24, 2.45) is 4.99 Å². The molecule has 1 heterocycles. The van der Waals surface area contributed by atoms with E-state index in [1.165, 1.54) is 37.5 Å². The number of hydrogen-bond acceptors (Lipinski definition) is 6. The molecule has 0 atom stereocenters. The van der Waals surface area contributed by atoms with Crippen molar-refractivity contribution in [1.82, 2.24) is 4.57 Å². The second-order valence-corrected chi connectivity index (χ2v) is 7.59. The first-order chi connectivity index (χ1) is 14.9. The molecular weight excluding hydrogens is 418 g/mol. The number of amides is 2. The first kappa shape index (κ1) is 22.4. The minimum Gasteiger partial charge on any atom is -0.465 e. The van der Waals surface area contributed by atoms with Crippen LogP contribution >= 0.6 is 11.3 Å². The zero-order chi connectivity index (χ0) is 22.4. The van der Waals surface area contributed by atoms with Gasteiger partial charge in [0.05, 0.1) is 29.5 Å². The lowest BCUT2D eigenvalue weighted by molar-refractivity contribution is -0.114. The number of thiazole rings is 1. The maximum absolute atomic E-state index is 12.8. The summed E-state index contributed by atoms with van der Waals surface area (Å²) < 4.78 is 13.0. The third-order valence-corrected chi connectivity index (χ3v) is 5.46. The Hall–Kier alpha value is -3.30. The minimum absolute atomic E-state index is 0.157. The average molecular weight is 442 g/mol. The number of fused-ring (bicyclic) bond motifs is 1. The minimum atomic E-state index is -0.468. The van der Waals surface area contributed by atoms with Crippen LogP contribution in [-0.4, -0.2) is 42.7 Å². The standard InChI is InChI=1S/C22H23N3O5S/c1-4-30-12-11-25-18-10-9-17(23-14(2)26)13-19(18)31-22(25)24-20(27)15-5-7-16(8-6-15)21(28)29-3/h5-10,13H,4,11-12H2,1-3H3,(H,23,26). The van der Waals surface area contributed by atoms with Crippen molar-refractivity contribution in [3.63, 3.8) is 0 Å². The second kappa shape index (κ2) is 10.1. The van der Waals surface area contributed by atoms with E-state index in [-0.39, 0.29) is 5.91 Å². The molecule has 8 nitrogen and oxygen atoms in total. The van der Waals surface area contributed by atoms with E-state index < -0.39 is 11.9 Å². The Labute approximate surface area is 183 Å². The number of aromatic nitrogens is 1. The summed E-state index contributed by atoms with van der Waals surface area (Å²) in [5.74, 6) is -1.05. The van der Waals surface area contributed by atoms with Gasteiger partial charge in [0.15, 0.2) is 4.80 Å². The topological polar surface area (TPSA) is 99.0 Å². The van der Waals surface area contributed by atoms with E-state index in [4.69, 9.17) is 4.74 Å². The molecule has 0 saturated carbocycles. The van der Waals surface area contributed by atoms with Crippen LogP contribution in [0.4, 0.5) is 5.69 Å². The van der Waals surface area contributed by atoms with Crippen molar-refractivity contribution in [1.29, 1.82) is 0 Å². The summed E-state index contributed by atoms with van der Waals surface area (Å²) in [6.07, 6.45) is 0. The second-order valence-electron chi connectivity index (χ2n) is 6.58. The molecule has 1 aromatic heterocycles. The van der Waals surface area contributed by atoms with Gasteiger partial charge < -0.3 is 19.4 Å². The Kier molecular flexibility index (Phi) is 7.32. The molecule has 162 valence electrons. The highest BCUT2D eigenvalue weighted by Crippen LogP contribution is 2.22. The number of methoxy groups -OCH3 is 1. The van der Waals surface area contributed by atoms with Crippen LogP contribution in [0.15, 0.2) is 47.5 Å². The van der Waals surface area contributed by atoms with E-state index in [1.54, 1.807) is 12.1 Å². The summed E-state index contributed by atoms with van der Waals surface area (Å²) in [6.45, 7) is 4.97.